The van der Waals surface area contributed by atoms with Gasteiger partial charge in [-0.05, 0) is 21.3 Å². The van der Waals surface area contributed by atoms with Gasteiger partial charge in [0, 0.05) is 20.6 Å². The van der Waals surface area contributed by atoms with Crippen LogP contribution >= 0.6 is 8.73 Å². The van der Waals surface area contributed by atoms with E-state index in [0.717, 1.165) is 8.73 Å². The summed E-state index contributed by atoms with van der Waals surface area (Å²) in [5.41, 5.74) is 0. The fraction of sp³-hybridized carbons (Fsp3) is 1.00. The molecule has 1 unspecified atom stereocenters. The SMILES string of the molecule is CN1CCCPN1C. The maximum absolute atomic E-state index is 2.30. The normalized spacial score (nSPS) is 29.2. The van der Waals surface area contributed by atoms with Gasteiger partial charge in [0.1, 0.15) is 0 Å². The molecule has 48 valence electrons. The van der Waals surface area contributed by atoms with Crippen molar-refractivity contribution in [3.05, 3.63) is 0 Å². The zero-order chi connectivity index (χ0) is 5.98. The summed E-state index contributed by atoms with van der Waals surface area (Å²) < 4.78 is 2.30. The van der Waals surface area contributed by atoms with Gasteiger partial charge in [-0.1, -0.05) is 0 Å². The molecular weight excluding hydrogens is 119 g/mol. The largest absolute Gasteiger partial charge is 0.242 e. The Bertz CT molecular complexity index is 66.8. The van der Waals surface area contributed by atoms with Crippen LogP contribution in [0.2, 0.25) is 0 Å². The van der Waals surface area contributed by atoms with E-state index in [-0.39, 0.29) is 0 Å². The number of nitrogens with zero attached hydrogens (tertiary/aromatic N) is 2. The molecule has 2 nitrogen and oxygen atoms in total. The van der Waals surface area contributed by atoms with Crippen LogP contribution in [0.3, 0.4) is 0 Å². The molecule has 0 aromatic heterocycles. The molecule has 3 heteroatoms. The molecule has 8 heavy (non-hydrogen) atoms. The fourth-order valence-electron chi connectivity index (χ4n) is 0.819. The van der Waals surface area contributed by atoms with Crippen LogP contribution in [-0.2, 0) is 0 Å². The molecule has 0 aromatic carbocycles. The Labute approximate surface area is 52.7 Å². The topological polar surface area (TPSA) is 6.48 Å². The summed E-state index contributed by atoms with van der Waals surface area (Å²) in [7, 11) is 5.31. The lowest BCUT2D eigenvalue weighted by molar-refractivity contribution is 0.120. The summed E-state index contributed by atoms with van der Waals surface area (Å²) in [6.07, 6.45) is 2.76. The second-order valence-electron chi connectivity index (χ2n) is 2.17. The predicted octanol–water partition coefficient (Wildman–Crippen LogP) is 0.762. The maximum atomic E-state index is 2.30. The predicted molar refractivity (Wildman–Crippen MR) is 38.2 cm³/mol. The summed E-state index contributed by atoms with van der Waals surface area (Å²) in [5.74, 6) is 0. The van der Waals surface area contributed by atoms with Crippen molar-refractivity contribution in [2.45, 2.75) is 6.42 Å². The van der Waals surface area contributed by atoms with Gasteiger partial charge in [-0.25, -0.2) is 9.79 Å². The maximum Gasteiger partial charge on any atom is 0.0136 e. The van der Waals surface area contributed by atoms with E-state index in [1.54, 1.807) is 0 Å². The summed E-state index contributed by atoms with van der Waals surface area (Å²) in [6.45, 7) is 1.24. The fourth-order valence-corrected chi connectivity index (χ4v) is 1.80. The van der Waals surface area contributed by atoms with E-state index in [4.69, 9.17) is 0 Å². The van der Waals surface area contributed by atoms with Crippen LogP contribution in [0.4, 0.5) is 0 Å². The third-order valence-electron chi connectivity index (χ3n) is 1.51. The van der Waals surface area contributed by atoms with Crippen molar-refractivity contribution in [3.63, 3.8) is 0 Å². The highest BCUT2D eigenvalue weighted by Crippen LogP contribution is 2.22. The van der Waals surface area contributed by atoms with Gasteiger partial charge in [0.25, 0.3) is 0 Å². The molecule has 1 rings (SSSR count). The quantitative estimate of drug-likeness (QED) is 0.449. The van der Waals surface area contributed by atoms with Gasteiger partial charge in [0.05, 0.1) is 0 Å². The molecule has 0 spiro atoms. The Morgan fingerprint density at radius 2 is 2.12 bits per heavy atom. The van der Waals surface area contributed by atoms with E-state index in [2.05, 4.69) is 23.9 Å². The van der Waals surface area contributed by atoms with Crippen LogP contribution in [0.1, 0.15) is 6.42 Å². The van der Waals surface area contributed by atoms with E-state index in [9.17, 15) is 0 Å². The molecule has 0 aromatic rings. The van der Waals surface area contributed by atoms with Crippen LogP contribution < -0.4 is 0 Å². The molecule has 0 amide bonds. The molecule has 0 N–H and O–H groups in total. The monoisotopic (exact) mass is 132 g/mol. The number of hydrogen-bond acceptors (Lipinski definition) is 2. The third kappa shape index (κ3) is 1.41. The molecule has 0 bridgehead atoms. The van der Waals surface area contributed by atoms with E-state index in [0.29, 0.717) is 0 Å². The smallest absolute Gasteiger partial charge is 0.0136 e. The van der Waals surface area contributed by atoms with Crippen molar-refractivity contribution in [1.29, 1.82) is 0 Å². The standard InChI is InChI=1S/C5H13N2P/c1-6-4-3-5-8-7(6)2/h8H,3-5H2,1-2H3. The van der Waals surface area contributed by atoms with Gasteiger partial charge in [0.2, 0.25) is 0 Å². The van der Waals surface area contributed by atoms with Crippen LogP contribution in [0.5, 0.6) is 0 Å². The lowest BCUT2D eigenvalue weighted by Crippen LogP contribution is -2.34. The van der Waals surface area contributed by atoms with Crippen molar-refractivity contribution in [2.24, 2.45) is 0 Å². The Balaban J connectivity index is 2.28. The lowest BCUT2D eigenvalue weighted by Gasteiger charge is -2.32. The first-order chi connectivity index (χ1) is 3.80. The van der Waals surface area contributed by atoms with E-state index in [1.165, 1.54) is 19.1 Å². The van der Waals surface area contributed by atoms with Gasteiger partial charge >= 0.3 is 0 Å². The van der Waals surface area contributed by atoms with E-state index in [1.807, 2.05) is 0 Å². The Kier molecular flexibility index (Phi) is 2.24. The van der Waals surface area contributed by atoms with Gasteiger partial charge in [-0.2, -0.15) is 0 Å². The number of rotatable bonds is 0. The Morgan fingerprint density at radius 1 is 1.38 bits per heavy atom. The second-order valence-corrected chi connectivity index (χ2v) is 3.63. The minimum Gasteiger partial charge on any atom is -0.242 e. The average molecular weight is 132 g/mol. The lowest BCUT2D eigenvalue weighted by atomic mass is 10.5. The highest BCUT2D eigenvalue weighted by atomic mass is 31.1. The molecule has 0 aliphatic carbocycles. The van der Waals surface area contributed by atoms with E-state index >= 15 is 0 Å². The second kappa shape index (κ2) is 2.77. The van der Waals surface area contributed by atoms with Gasteiger partial charge in [0.15, 0.2) is 0 Å². The Hall–Kier alpha value is 0.350. The molecule has 0 saturated carbocycles. The van der Waals surface area contributed by atoms with Gasteiger partial charge in [-0.3, -0.25) is 0 Å². The van der Waals surface area contributed by atoms with Crippen molar-refractivity contribution in [3.8, 4) is 0 Å². The molecule has 1 heterocycles. The molecule has 1 fully saturated rings. The molecule has 1 atom stereocenters. The number of hydrazine groups is 1. The van der Waals surface area contributed by atoms with Crippen LogP contribution in [0.25, 0.3) is 0 Å². The van der Waals surface area contributed by atoms with Gasteiger partial charge in [-0.15, -0.1) is 0 Å². The minimum absolute atomic E-state index is 1.02. The van der Waals surface area contributed by atoms with Crippen LogP contribution in [0, 0.1) is 0 Å². The first-order valence-corrected chi connectivity index (χ1v) is 4.14. The molecule has 1 aliphatic rings. The summed E-state index contributed by atoms with van der Waals surface area (Å²) in [6, 6.07) is 0. The molecule has 1 saturated heterocycles. The van der Waals surface area contributed by atoms with Crippen molar-refractivity contribution in [1.82, 2.24) is 9.79 Å². The molecule has 0 radical (unpaired) electrons. The number of hydrogen-bond donors (Lipinski definition) is 0. The average Bonchev–Trinajstić information content (AvgIpc) is 1.77. The third-order valence-corrected chi connectivity index (χ3v) is 2.89. The van der Waals surface area contributed by atoms with Crippen molar-refractivity contribution >= 4 is 8.73 Å². The van der Waals surface area contributed by atoms with Crippen LogP contribution in [-0.4, -0.2) is 36.6 Å². The molecular formula is C5H13N2P. The minimum atomic E-state index is 1.02. The highest BCUT2D eigenvalue weighted by Gasteiger charge is 2.09. The first kappa shape index (κ1) is 6.47. The summed E-state index contributed by atoms with van der Waals surface area (Å²) in [5, 5.41) is 2.28. The van der Waals surface area contributed by atoms with Crippen molar-refractivity contribution < 1.29 is 0 Å². The van der Waals surface area contributed by atoms with Crippen molar-refractivity contribution in [2.75, 3.05) is 26.8 Å². The molecule has 1 aliphatic heterocycles. The zero-order valence-corrected chi connectivity index (χ0v) is 6.52. The van der Waals surface area contributed by atoms with E-state index < -0.39 is 0 Å². The van der Waals surface area contributed by atoms with Crippen LogP contribution in [0.15, 0.2) is 0 Å². The van der Waals surface area contributed by atoms with Gasteiger partial charge < -0.3 is 0 Å². The zero-order valence-electron chi connectivity index (χ0n) is 5.52. The Morgan fingerprint density at radius 3 is 2.50 bits per heavy atom. The highest BCUT2D eigenvalue weighted by molar-refractivity contribution is 7.35. The summed E-state index contributed by atoms with van der Waals surface area (Å²) in [4.78, 5) is 0. The summed E-state index contributed by atoms with van der Waals surface area (Å²) >= 11 is 0. The first-order valence-electron chi connectivity index (χ1n) is 2.99.